The monoisotopic (exact) mass is 220 g/mol. The van der Waals surface area contributed by atoms with E-state index in [2.05, 4.69) is 44.9 Å². The summed E-state index contributed by atoms with van der Waals surface area (Å²) in [4.78, 5) is 2.26. The van der Waals surface area contributed by atoms with E-state index in [0.717, 1.165) is 5.75 Å². The number of ether oxygens (including phenoxy) is 1. The van der Waals surface area contributed by atoms with Gasteiger partial charge in [-0.2, -0.15) is 0 Å². The molecule has 1 aliphatic rings. The summed E-state index contributed by atoms with van der Waals surface area (Å²) >= 11 is 0. The summed E-state index contributed by atoms with van der Waals surface area (Å²) in [5.41, 5.74) is 9.37. The van der Waals surface area contributed by atoms with Crippen molar-refractivity contribution in [1.29, 1.82) is 0 Å². The molecule has 0 amide bonds. The highest BCUT2D eigenvalue weighted by molar-refractivity contribution is 5.65. The van der Waals surface area contributed by atoms with Crippen molar-refractivity contribution in [1.82, 2.24) is 0 Å². The number of nitrogens with zero attached hydrogens (tertiary/aromatic N) is 1. The van der Waals surface area contributed by atoms with Gasteiger partial charge in [-0.1, -0.05) is 6.07 Å². The molecule has 3 heteroatoms. The van der Waals surface area contributed by atoms with E-state index in [1.54, 1.807) is 0 Å². The van der Waals surface area contributed by atoms with E-state index in [0.29, 0.717) is 12.6 Å². The quantitative estimate of drug-likeness (QED) is 0.785. The molecule has 0 saturated carbocycles. The standard InChI is InChI=1S/C13H20N2O/c1-8-5-9(2)13-11(6-8)15(4)10(3)12(7-14)16-13/h5-6,10,12H,7,14H2,1-4H3. The van der Waals surface area contributed by atoms with Crippen LogP contribution in [0, 0.1) is 13.8 Å². The minimum atomic E-state index is 0.0823. The predicted molar refractivity (Wildman–Crippen MR) is 67.3 cm³/mol. The fourth-order valence-corrected chi connectivity index (χ4v) is 2.31. The second-order valence-electron chi connectivity index (χ2n) is 4.67. The van der Waals surface area contributed by atoms with Gasteiger partial charge in [0, 0.05) is 13.6 Å². The van der Waals surface area contributed by atoms with Crippen molar-refractivity contribution in [2.24, 2.45) is 5.73 Å². The number of fused-ring (bicyclic) bond motifs is 1. The molecule has 2 atom stereocenters. The Morgan fingerprint density at radius 2 is 2.06 bits per heavy atom. The third kappa shape index (κ3) is 1.65. The van der Waals surface area contributed by atoms with Crippen molar-refractivity contribution in [2.45, 2.75) is 32.9 Å². The van der Waals surface area contributed by atoms with E-state index in [1.807, 2.05) is 0 Å². The molecule has 0 aromatic heterocycles. The molecule has 0 fully saturated rings. The molecule has 88 valence electrons. The maximum atomic E-state index is 5.98. The number of hydrogen-bond donors (Lipinski definition) is 1. The van der Waals surface area contributed by atoms with Crippen LogP contribution in [-0.4, -0.2) is 25.7 Å². The van der Waals surface area contributed by atoms with Crippen LogP contribution in [0.1, 0.15) is 18.1 Å². The number of aryl methyl sites for hydroxylation is 2. The topological polar surface area (TPSA) is 38.5 Å². The lowest BCUT2D eigenvalue weighted by Gasteiger charge is -2.40. The average molecular weight is 220 g/mol. The zero-order valence-corrected chi connectivity index (χ0v) is 10.4. The van der Waals surface area contributed by atoms with E-state index in [4.69, 9.17) is 10.5 Å². The molecule has 0 aliphatic carbocycles. The van der Waals surface area contributed by atoms with Crippen molar-refractivity contribution in [2.75, 3.05) is 18.5 Å². The Labute approximate surface area is 97.2 Å². The summed E-state index contributed by atoms with van der Waals surface area (Å²) in [6, 6.07) is 4.64. The number of likely N-dealkylation sites (N-methyl/N-ethyl adjacent to an activating group) is 1. The lowest BCUT2D eigenvalue weighted by Crippen LogP contribution is -2.49. The van der Waals surface area contributed by atoms with Gasteiger partial charge in [0.15, 0.2) is 0 Å². The van der Waals surface area contributed by atoms with Gasteiger partial charge in [-0.25, -0.2) is 0 Å². The Bertz CT molecular complexity index is 403. The third-order valence-corrected chi connectivity index (χ3v) is 3.43. The molecular formula is C13H20N2O. The molecule has 3 nitrogen and oxygen atoms in total. The highest BCUT2D eigenvalue weighted by Crippen LogP contribution is 2.38. The second-order valence-corrected chi connectivity index (χ2v) is 4.67. The first-order valence-corrected chi connectivity index (χ1v) is 5.75. The van der Waals surface area contributed by atoms with Crippen LogP contribution < -0.4 is 15.4 Å². The SMILES string of the molecule is Cc1cc(C)c2c(c1)N(C)C(C)C(CN)O2. The van der Waals surface area contributed by atoms with Gasteiger partial charge in [0.05, 0.1) is 11.7 Å². The van der Waals surface area contributed by atoms with Crippen LogP contribution in [0.15, 0.2) is 12.1 Å². The molecule has 1 heterocycles. The number of nitrogens with two attached hydrogens (primary N) is 1. The van der Waals surface area contributed by atoms with Crippen LogP contribution in [0.4, 0.5) is 5.69 Å². The van der Waals surface area contributed by atoms with Crippen molar-refractivity contribution >= 4 is 5.69 Å². The number of anilines is 1. The van der Waals surface area contributed by atoms with Crippen LogP contribution in [0.25, 0.3) is 0 Å². The predicted octanol–water partition coefficient (Wildman–Crippen LogP) is 1.85. The molecule has 16 heavy (non-hydrogen) atoms. The first-order chi connectivity index (χ1) is 7.54. The Hall–Kier alpha value is -1.22. The van der Waals surface area contributed by atoms with Gasteiger partial charge in [-0.05, 0) is 38.0 Å². The van der Waals surface area contributed by atoms with Gasteiger partial charge in [0.25, 0.3) is 0 Å². The lowest BCUT2D eigenvalue weighted by atomic mass is 10.0. The molecule has 2 unspecified atom stereocenters. The van der Waals surface area contributed by atoms with Crippen LogP contribution in [0.2, 0.25) is 0 Å². The molecular weight excluding hydrogens is 200 g/mol. The summed E-state index contributed by atoms with van der Waals surface area (Å²) in [6.07, 6.45) is 0.0823. The van der Waals surface area contributed by atoms with E-state index in [9.17, 15) is 0 Å². The highest BCUT2D eigenvalue weighted by Gasteiger charge is 2.30. The van der Waals surface area contributed by atoms with Crippen LogP contribution >= 0.6 is 0 Å². The summed E-state index contributed by atoms with van der Waals surface area (Å²) < 4.78 is 5.98. The van der Waals surface area contributed by atoms with Gasteiger partial charge in [0.2, 0.25) is 0 Å². The van der Waals surface area contributed by atoms with Gasteiger partial charge in [0.1, 0.15) is 11.9 Å². The third-order valence-electron chi connectivity index (χ3n) is 3.43. The molecule has 0 radical (unpaired) electrons. The minimum absolute atomic E-state index is 0.0823. The summed E-state index contributed by atoms with van der Waals surface area (Å²) in [5, 5.41) is 0. The fraction of sp³-hybridized carbons (Fsp3) is 0.538. The Balaban J connectivity index is 2.50. The van der Waals surface area contributed by atoms with E-state index >= 15 is 0 Å². The van der Waals surface area contributed by atoms with Crippen LogP contribution in [0.5, 0.6) is 5.75 Å². The van der Waals surface area contributed by atoms with E-state index in [1.165, 1.54) is 16.8 Å². The fourth-order valence-electron chi connectivity index (χ4n) is 2.31. The first kappa shape index (κ1) is 11.3. The summed E-state index contributed by atoms with van der Waals surface area (Å²) in [6.45, 7) is 6.90. The summed E-state index contributed by atoms with van der Waals surface area (Å²) in [5.74, 6) is 0.988. The first-order valence-electron chi connectivity index (χ1n) is 5.75. The lowest BCUT2D eigenvalue weighted by molar-refractivity contribution is 0.167. The minimum Gasteiger partial charge on any atom is -0.485 e. The van der Waals surface area contributed by atoms with Crippen molar-refractivity contribution in [3.8, 4) is 5.75 Å². The van der Waals surface area contributed by atoms with E-state index < -0.39 is 0 Å². The van der Waals surface area contributed by atoms with Crippen LogP contribution in [0.3, 0.4) is 0 Å². The maximum Gasteiger partial charge on any atom is 0.146 e. The Kier molecular flexibility index (Phi) is 2.80. The van der Waals surface area contributed by atoms with Gasteiger partial charge >= 0.3 is 0 Å². The molecule has 0 saturated heterocycles. The van der Waals surface area contributed by atoms with Crippen molar-refractivity contribution < 1.29 is 4.74 Å². The molecule has 2 N–H and O–H groups in total. The number of rotatable bonds is 1. The molecule has 1 aliphatic heterocycles. The maximum absolute atomic E-state index is 5.98. The van der Waals surface area contributed by atoms with Crippen molar-refractivity contribution in [3.05, 3.63) is 23.3 Å². The van der Waals surface area contributed by atoms with Gasteiger partial charge < -0.3 is 15.4 Å². The molecule has 0 spiro atoms. The molecule has 2 rings (SSSR count). The van der Waals surface area contributed by atoms with E-state index in [-0.39, 0.29) is 6.10 Å². The Morgan fingerprint density at radius 3 is 2.69 bits per heavy atom. The largest absolute Gasteiger partial charge is 0.485 e. The van der Waals surface area contributed by atoms with Crippen LogP contribution in [-0.2, 0) is 0 Å². The van der Waals surface area contributed by atoms with Crippen molar-refractivity contribution in [3.63, 3.8) is 0 Å². The smallest absolute Gasteiger partial charge is 0.146 e. The highest BCUT2D eigenvalue weighted by atomic mass is 16.5. The molecule has 1 aromatic carbocycles. The number of hydrogen-bond acceptors (Lipinski definition) is 3. The molecule has 0 bridgehead atoms. The zero-order valence-electron chi connectivity index (χ0n) is 10.4. The normalized spacial score (nSPS) is 23.9. The second kappa shape index (κ2) is 3.98. The Morgan fingerprint density at radius 1 is 1.38 bits per heavy atom. The average Bonchev–Trinajstić information content (AvgIpc) is 2.24. The number of benzene rings is 1. The van der Waals surface area contributed by atoms with Gasteiger partial charge in [-0.3, -0.25) is 0 Å². The van der Waals surface area contributed by atoms with Gasteiger partial charge in [-0.15, -0.1) is 0 Å². The zero-order chi connectivity index (χ0) is 11.9. The molecule has 1 aromatic rings. The summed E-state index contributed by atoms with van der Waals surface area (Å²) in [7, 11) is 2.10.